The molecule has 9 heteroatoms. The molecule has 3 rings (SSSR count). The number of rotatable bonds is 2. The third kappa shape index (κ3) is 1.76. The second-order valence-electron chi connectivity index (χ2n) is 4.32. The largest absolute Gasteiger partial charge is 0.365 e. The van der Waals surface area contributed by atoms with E-state index in [4.69, 9.17) is 5.73 Å². The number of nitrogen functional groups attached to an aromatic ring is 1. The Labute approximate surface area is 112 Å². The molecule has 9 nitrogen and oxygen atoms in total. The normalized spacial score (nSPS) is 11.7. The number of tetrazole rings is 1. The summed E-state index contributed by atoms with van der Waals surface area (Å²) >= 11 is 0. The molecule has 0 fully saturated rings. The Kier molecular flexibility index (Phi) is 2.60. The number of hydrogen-bond donors (Lipinski definition) is 1. The number of hydrogen-bond acceptors (Lipinski definition) is 6. The van der Waals surface area contributed by atoms with Crippen molar-refractivity contribution in [2.75, 3.05) is 5.73 Å². The zero-order chi connectivity index (χ0) is 14.3. The molecule has 0 aliphatic heterocycles. The van der Waals surface area contributed by atoms with E-state index in [-0.39, 0.29) is 11.6 Å². The van der Waals surface area contributed by atoms with Crippen LogP contribution < -0.4 is 11.4 Å². The van der Waals surface area contributed by atoms with Gasteiger partial charge < -0.3 is 5.73 Å². The van der Waals surface area contributed by atoms with Crippen LogP contribution in [0.4, 0.5) is 5.95 Å². The molecule has 1 aromatic carbocycles. The summed E-state index contributed by atoms with van der Waals surface area (Å²) in [7, 11) is 3.46. The van der Waals surface area contributed by atoms with Crippen molar-refractivity contribution in [3.63, 3.8) is 0 Å². The minimum atomic E-state index is -0.0705. The van der Waals surface area contributed by atoms with Crippen LogP contribution in [0.3, 0.4) is 0 Å². The van der Waals surface area contributed by atoms with E-state index in [1.165, 1.54) is 0 Å². The van der Waals surface area contributed by atoms with Gasteiger partial charge in [0.25, 0.3) is 5.95 Å². The molecule has 102 valence electrons. The van der Waals surface area contributed by atoms with Crippen LogP contribution in [-0.2, 0) is 14.1 Å². The lowest BCUT2D eigenvalue weighted by atomic mass is 10.2. The number of anilines is 1. The highest BCUT2D eigenvalue weighted by molar-refractivity contribution is 5.87. The number of benzene rings is 1. The Morgan fingerprint density at radius 1 is 1.25 bits per heavy atom. The molecule has 0 aliphatic carbocycles. The quantitative estimate of drug-likeness (QED) is 0.622. The van der Waals surface area contributed by atoms with Crippen LogP contribution in [0.1, 0.15) is 5.56 Å². The molecule has 0 spiro atoms. The SMILES string of the molecule is Cn1c(=O)n(C)c2cc(/C=N/n3nnnc3N)ccc21. The van der Waals surface area contributed by atoms with Gasteiger partial charge in [0.15, 0.2) is 0 Å². The fraction of sp³-hybridized carbons (Fsp3) is 0.182. The van der Waals surface area contributed by atoms with Gasteiger partial charge in [0, 0.05) is 14.1 Å². The van der Waals surface area contributed by atoms with Crippen molar-refractivity contribution in [1.82, 2.24) is 29.5 Å². The van der Waals surface area contributed by atoms with Crippen LogP contribution in [0, 0.1) is 0 Å². The maximum Gasteiger partial charge on any atom is 0.328 e. The first kappa shape index (κ1) is 12.1. The summed E-state index contributed by atoms with van der Waals surface area (Å²) in [6.45, 7) is 0. The van der Waals surface area contributed by atoms with Gasteiger partial charge in [0.1, 0.15) is 0 Å². The molecule has 0 unspecified atom stereocenters. The summed E-state index contributed by atoms with van der Waals surface area (Å²) in [5.74, 6) is 0.106. The zero-order valence-electron chi connectivity index (χ0n) is 10.9. The molecule has 0 bridgehead atoms. The van der Waals surface area contributed by atoms with E-state index < -0.39 is 0 Å². The van der Waals surface area contributed by atoms with Crippen LogP contribution in [0.5, 0.6) is 0 Å². The number of nitrogens with zero attached hydrogens (tertiary/aromatic N) is 7. The predicted octanol–water partition coefficient (Wildman–Crippen LogP) is -0.672. The summed E-state index contributed by atoms with van der Waals surface area (Å²) in [5, 5.41) is 14.6. The van der Waals surface area contributed by atoms with Gasteiger partial charge in [-0.3, -0.25) is 9.13 Å². The number of nitrogens with two attached hydrogens (primary N) is 1. The standard InChI is InChI=1S/C11H12N8O/c1-17-8-4-3-7(5-9(8)18(2)11(17)20)6-13-19-10(12)14-15-16-19/h3-6H,1-2H3,(H2,12,14,16)/b13-6+. The van der Waals surface area contributed by atoms with Crippen molar-refractivity contribution in [3.05, 3.63) is 34.2 Å². The van der Waals surface area contributed by atoms with Gasteiger partial charge in [-0.1, -0.05) is 16.0 Å². The molecular weight excluding hydrogens is 260 g/mol. The molecule has 0 aliphatic rings. The van der Waals surface area contributed by atoms with Crippen LogP contribution in [0.2, 0.25) is 0 Å². The molecule has 0 amide bonds. The van der Waals surface area contributed by atoms with E-state index >= 15 is 0 Å². The zero-order valence-corrected chi connectivity index (χ0v) is 10.9. The van der Waals surface area contributed by atoms with E-state index in [1.54, 1.807) is 29.4 Å². The molecule has 0 saturated carbocycles. The lowest BCUT2D eigenvalue weighted by Crippen LogP contribution is -2.19. The highest BCUT2D eigenvalue weighted by Gasteiger charge is 2.07. The van der Waals surface area contributed by atoms with E-state index in [9.17, 15) is 4.79 Å². The summed E-state index contributed by atoms with van der Waals surface area (Å²) in [6, 6.07) is 5.58. The van der Waals surface area contributed by atoms with Crippen molar-refractivity contribution in [2.45, 2.75) is 0 Å². The first-order chi connectivity index (χ1) is 9.58. The predicted molar refractivity (Wildman–Crippen MR) is 73.4 cm³/mol. The van der Waals surface area contributed by atoms with Gasteiger partial charge in [-0.2, -0.15) is 5.10 Å². The first-order valence-electron chi connectivity index (χ1n) is 5.81. The van der Waals surface area contributed by atoms with Gasteiger partial charge >= 0.3 is 5.69 Å². The van der Waals surface area contributed by atoms with Crippen molar-refractivity contribution in [3.8, 4) is 0 Å². The fourth-order valence-electron chi connectivity index (χ4n) is 2.00. The molecular formula is C11H12N8O. The van der Waals surface area contributed by atoms with Crippen LogP contribution >= 0.6 is 0 Å². The van der Waals surface area contributed by atoms with Gasteiger partial charge in [-0.15, -0.1) is 0 Å². The Bertz CT molecular complexity index is 868. The first-order valence-corrected chi connectivity index (χ1v) is 5.81. The Hall–Kier alpha value is -2.97. The summed E-state index contributed by atoms with van der Waals surface area (Å²) < 4.78 is 3.17. The maximum atomic E-state index is 11.8. The van der Waals surface area contributed by atoms with Gasteiger partial charge in [-0.25, -0.2) is 4.79 Å². The maximum absolute atomic E-state index is 11.8. The monoisotopic (exact) mass is 272 g/mol. The van der Waals surface area contributed by atoms with Gasteiger partial charge in [-0.05, 0) is 28.1 Å². The summed E-state index contributed by atoms with van der Waals surface area (Å²) in [5.41, 5.74) is 7.93. The van der Waals surface area contributed by atoms with Crippen molar-refractivity contribution in [1.29, 1.82) is 0 Å². The molecule has 3 aromatic rings. The van der Waals surface area contributed by atoms with E-state index in [0.29, 0.717) is 0 Å². The molecule has 2 N–H and O–H groups in total. The molecule has 2 aromatic heterocycles. The average Bonchev–Trinajstić information content (AvgIpc) is 2.95. The molecule has 0 radical (unpaired) electrons. The van der Waals surface area contributed by atoms with Gasteiger partial charge in [0.05, 0.1) is 17.2 Å². The molecule has 20 heavy (non-hydrogen) atoms. The minimum Gasteiger partial charge on any atom is -0.365 e. The number of fused-ring (bicyclic) bond motifs is 1. The number of imidazole rings is 1. The van der Waals surface area contributed by atoms with Crippen molar-refractivity contribution < 1.29 is 0 Å². The van der Waals surface area contributed by atoms with E-state index in [1.807, 2.05) is 18.2 Å². The minimum absolute atomic E-state index is 0.0705. The van der Waals surface area contributed by atoms with Gasteiger partial charge in [0.2, 0.25) is 0 Å². The highest BCUT2D eigenvalue weighted by atomic mass is 16.1. The second kappa shape index (κ2) is 4.30. The van der Waals surface area contributed by atoms with Crippen LogP contribution in [0.25, 0.3) is 11.0 Å². The lowest BCUT2D eigenvalue weighted by molar-refractivity contribution is 0.699. The summed E-state index contributed by atoms with van der Waals surface area (Å²) in [4.78, 5) is 13.0. The molecule has 0 saturated heterocycles. The number of aryl methyl sites for hydroxylation is 2. The molecule has 2 heterocycles. The fourth-order valence-corrected chi connectivity index (χ4v) is 2.00. The third-order valence-corrected chi connectivity index (χ3v) is 3.09. The number of aromatic nitrogens is 6. The van der Waals surface area contributed by atoms with Crippen molar-refractivity contribution in [2.24, 2.45) is 19.2 Å². The Balaban J connectivity index is 2.06. The third-order valence-electron chi connectivity index (χ3n) is 3.09. The average molecular weight is 272 g/mol. The second-order valence-corrected chi connectivity index (χ2v) is 4.32. The van der Waals surface area contributed by atoms with E-state index in [2.05, 4.69) is 20.6 Å². The van der Waals surface area contributed by atoms with E-state index in [0.717, 1.165) is 21.4 Å². The highest BCUT2D eigenvalue weighted by Crippen LogP contribution is 2.12. The smallest absolute Gasteiger partial charge is 0.328 e. The Morgan fingerprint density at radius 3 is 2.70 bits per heavy atom. The van der Waals surface area contributed by atoms with Crippen LogP contribution in [-0.4, -0.2) is 35.7 Å². The Morgan fingerprint density at radius 2 is 2.00 bits per heavy atom. The molecule has 0 atom stereocenters. The van der Waals surface area contributed by atoms with Crippen molar-refractivity contribution >= 4 is 23.2 Å². The summed E-state index contributed by atoms with van der Waals surface area (Å²) in [6.07, 6.45) is 1.57. The topological polar surface area (TPSA) is 109 Å². The lowest BCUT2D eigenvalue weighted by Gasteiger charge is -1.97. The van der Waals surface area contributed by atoms with Crippen LogP contribution in [0.15, 0.2) is 28.1 Å².